The number of alkyl halides is 4. The first-order valence-electron chi connectivity index (χ1n) is 13.5. The van der Waals surface area contributed by atoms with Gasteiger partial charge in [0.05, 0.1) is 26.6 Å². The lowest BCUT2D eigenvalue weighted by Crippen LogP contribution is -2.45. The summed E-state index contributed by atoms with van der Waals surface area (Å²) in [6.45, 7) is 2.46. The number of carbonyl (C=O) groups is 1. The molecule has 2 aromatic rings. The molecule has 1 saturated carbocycles. The molecular formula is C27H35F4N3O4S2. The molecule has 40 heavy (non-hydrogen) atoms. The van der Waals surface area contributed by atoms with Crippen LogP contribution in [-0.2, 0) is 27.4 Å². The summed E-state index contributed by atoms with van der Waals surface area (Å²) in [4.78, 5) is 17.1. The van der Waals surface area contributed by atoms with Gasteiger partial charge in [0, 0.05) is 19.3 Å². The minimum Gasteiger partial charge on any atom is -0.381 e. The zero-order valence-corrected chi connectivity index (χ0v) is 24.2. The highest BCUT2D eigenvalue weighted by molar-refractivity contribution is 7.89. The number of hydrogen-bond donors (Lipinski definition) is 2. The van der Waals surface area contributed by atoms with Gasteiger partial charge >= 0.3 is 6.18 Å². The Morgan fingerprint density at radius 2 is 1.77 bits per heavy atom. The molecule has 2 aliphatic rings. The first-order valence-corrected chi connectivity index (χ1v) is 15.8. The number of amides is 1. The predicted octanol–water partition coefficient (Wildman–Crippen LogP) is 5.89. The average molecular weight is 606 g/mol. The van der Waals surface area contributed by atoms with Crippen LogP contribution in [0, 0.1) is 5.92 Å². The van der Waals surface area contributed by atoms with Crippen LogP contribution < -0.4 is 10.0 Å². The number of benzene rings is 1. The smallest absolute Gasteiger partial charge is 0.381 e. The lowest BCUT2D eigenvalue weighted by molar-refractivity contribution is -0.139. The second kappa shape index (κ2) is 12.4. The van der Waals surface area contributed by atoms with Crippen LogP contribution in [0.1, 0.15) is 79.9 Å². The molecule has 1 aliphatic heterocycles. The molecule has 1 aliphatic carbocycles. The topological polar surface area (TPSA) is 97.4 Å². The molecular weight excluding hydrogens is 570 g/mol. The maximum Gasteiger partial charge on any atom is 0.417 e. The summed E-state index contributed by atoms with van der Waals surface area (Å²) in [6.07, 6.45) is 2.05. The largest absolute Gasteiger partial charge is 0.417 e. The zero-order chi connectivity index (χ0) is 29.1. The Balaban J connectivity index is 1.73. The molecule has 1 amide bonds. The molecule has 0 bridgehead atoms. The van der Waals surface area contributed by atoms with Crippen molar-refractivity contribution in [2.45, 2.75) is 87.9 Å². The van der Waals surface area contributed by atoms with E-state index in [1.165, 1.54) is 19.9 Å². The molecule has 1 aromatic heterocycles. The van der Waals surface area contributed by atoms with Gasteiger partial charge in [0.2, 0.25) is 10.0 Å². The lowest BCUT2D eigenvalue weighted by Gasteiger charge is -2.24. The summed E-state index contributed by atoms with van der Waals surface area (Å²) in [5, 5.41) is 3.11. The summed E-state index contributed by atoms with van der Waals surface area (Å²) in [6, 6.07) is 2.90. The average Bonchev–Trinajstić information content (AvgIpc) is 3.32. The Morgan fingerprint density at radius 1 is 1.10 bits per heavy atom. The van der Waals surface area contributed by atoms with E-state index in [-0.39, 0.29) is 22.5 Å². The molecule has 0 radical (unpaired) electrons. The van der Waals surface area contributed by atoms with Crippen molar-refractivity contribution in [3.63, 3.8) is 0 Å². The highest BCUT2D eigenvalue weighted by atomic mass is 32.2. The van der Waals surface area contributed by atoms with E-state index in [0.717, 1.165) is 55.6 Å². The third kappa shape index (κ3) is 7.59. The van der Waals surface area contributed by atoms with E-state index >= 15 is 0 Å². The van der Waals surface area contributed by atoms with Crippen LogP contribution in [-0.4, -0.2) is 50.8 Å². The number of carbonyl (C=O) groups excluding carboxylic acids is 1. The van der Waals surface area contributed by atoms with Gasteiger partial charge < -0.3 is 10.1 Å². The van der Waals surface area contributed by atoms with E-state index in [1.54, 1.807) is 0 Å². The van der Waals surface area contributed by atoms with Gasteiger partial charge in [0.1, 0.15) is 6.67 Å². The van der Waals surface area contributed by atoms with Crippen LogP contribution in [0.5, 0.6) is 0 Å². The number of halogens is 4. The number of sulfonamides is 1. The second-order valence-corrected chi connectivity index (χ2v) is 13.8. The number of rotatable bonds is 9. The molecule has 0 unspecified atom stereocenters. The fourth-order valence-electron chi connectivity index (χ4n) is 5.14. The number of thiazole rings is 1. The molecule has 7 nitrogen and oxygen atoms in total. The maximum atomic E-state index is 14.2. The standard InChI is InChI=1S/C27H35F4N3O4S2/c1-26(2,16-28)34-40(36,37)22-9-8-18(15-20(22)27(29,30)31)23-21(14-17-6-4-3-5-7-17)33-25(39-23)24(35)32-19-10-12-38-13-11-19/h8-9,15,17,19,34H,3-7,10-14,16H2,1-2H3,(H,32,35). The van der Waals surface area contributed by atoms with Crippen molar-refractivity contribution in [1.82, 2.24) is 15.0 Å². The highest BCUT2D eigenvalue weighted by Gasteiger charge is 2.39. The Kier molecular flexibility index (Phi) is 9.58. The van der Waals surface area contributed by atoms with Crippen molar-refractivity contribution in [1.29, 1.82) is 0 Å². The number of nitrogens with one attached hydrogen (secondary N) is 2. The summed E-state index contributed by atoms with van der Waals surface area (Å²) in [7, 11) is -4.70. The van der Waals surface area contributed by atoms with Gasteiger partial charge in [-0.1, -0.05) is 38.2 Å². The van der Waals surface area contributed by atoms with E-state index in [0.29, 0.717) is 49.0 Å². The Bertz CT molecular complexity index is 1300. The van der Waals surface area contributed by atoms with Gasteiger partial charge in [-0.3, -0.25) is 4.79 Å². The lowest BCUT2D eigenvalue weighted by atomic mass is 9.85. The Hall–Kier alpha value is -2.09. The second-order valence-electron chi connectivity index (χ2n) is 11.2. The van der Waals surface area contributed by atoms with Crippen molar-refractivity contribution in [3.8, 4) is 10.4 Å². The Morgan fingerprint density at radius 3 is 2.40 bits per heavy atom. The highest BCUT2D eigenvalue weighted by Crippen LogP contribution is 2.40. The zero-order valence-electron chi connectivity index (χ0n) is 22.6. The van der Waals surface area contributed by atoms with E-state index in [1.807, 2.05) is 4.72 Å². The third-order valence-electron chi connectivity index (χ3n) is 7.24. The van der Waals surface area contributed by atoms with Crippen LogP contribution in [0.4, 0.5) is 17.6 Å². The van der Waals surface area contributed by atoms with E-state index in [9.17, 15) is 30.8 Å². The summed E-state index contributed by atoms with van der Waals surface area (Å²) < 4.78 is 89.0. The van der Waals surface area contributed by atoms with Crippen molar-refractivity contribution in [2.75, 3.05) is 19.9 Å². The molecule has 2 N–H and O–H groups in total. The van der Waals surface area contributed by atoms with Gasteiger partial charge in [-0.15, -0.1) is 11.3 Å². The molecule has 222 valence electrons. The van der Waals surface area contributed by atoms with Crippen molar-refractivity contribution >= 4 is 27.3 Å². The Labute approximate surface area is 236 Å². The van der Waals surface area contributed by atoms with Crippen molar-refractivity contribution in [2.24, 2.45) is 5.92 Å². The summed E-state index contributed by atoms with van der Waals surface area (Å²) in [5.41, 5.74) is -2.28. The fraction of sp³-hybridized carbons (Fsp3) is 0.630. The van der Waals surface area contributed by atoms with Crippen molar-refractivity contribution in [3.05, 3.63) is 34.5 Å². The van der Waals surface area contributed by atoms with Crippen LogP contribution in [0.15, 0.2) is 23.1 Å². The molecule has 4 rings (SSSR count). The van der Waals surface area contributed by atoms with Gasteiger partial charge in [-0.05, 0) is 56.7 Å². The van der Waals surface area contributed by atoms with Crippen LogP contribution in [0.25, 0.3) is 10.4 Å². The molecule has 1 aromatic carbocycles. The van der Waals surface area contributed by atoms with Crippen LogP contribution >= 0.6 is 11.3 Å². The number of nitrogens with zero attached hydrogens (tertiary/aromatic N) is 1. The molecule has 13 heteroatoms. The van der Waals surface area contributed by atoms with Gasteiger partial charge in [-0.2, -0.15) is 13.2 Å². The van der Waals surface area contributed by atoms with Crippen molar-refractivity contribution < 1.29 is 35.5 Å². The van der Waals surface area contributed by atoms with Gasteiger partial charge in [-0.25, -0.2) is 22.5 Å². The van der Waals surface area contributed by atoms with E-state index < -0.39 is 38.9 Å². The third-order valence-corrected chi connectivity index (χ3v) is 10.1. The van der Waals surface area contributed by atoms with E-state index in [2.05, 4.69) is 10.3 Å². The van der Waals surface area contributed by atoms with E-state index in [4.69, 9.17) is 4.74 Å². The molecule has 0 spiro atoms. The number of aromatic nitrogens is 1. The SMILES string of the molecule is CC(C)(CF)NS(=O)(=O)c1ccc(-c2sc(C(=O)NC3CCOCC3)nc2CC2CCCCC2)cc1C(F)(F)F. The maximum absolute atomic E-state index is 14.2. The first-order chi connectivity index (χ1) is 18.8. The normalized spacial score (nSPS) is 18.1. The first kappa shape index (κ1) is 30.9. The number of ether oxygens (including phenoxy) is 1. The quantitative estimate of drug-likeness (QED) is 0.348. The molecule has 2 heterocycles. The minimum atomic E-state index is -5.00. The summed E-state index contributed by atoms with van der Waals surface area (Å²) in [5.74, 6) is -0.0872. The number of hydrogen-bond acceptors (Lipinski definition) is 6. The van der Waals surface area contributed by atoms with Crippen LogP contribution in [0.3, 0.4) is 0 Å². The fourth-order valence-corrected chi connectivity index (χ4v) is 7.74. The molecule has 1 saturated heterocycles. The van der Waals surface area contributed by atoms with Gasteiger partial charge in [0.15, 0.2) is 5.01 Å². The van der Waals surface area contributed by atoms with Crippen LogP contribution in [0.2, 0.25) is 0 Å². The summed E-state index contributed by atoms with van der Waals surface area (Å²) >= 11 is 1.01. The monoisotopic (exact) mass is 605 g/mol. The molecule has 2 fully saturated rings. The minimum absolute atomic E-state index is 0.0715. The molecule has 0 atom stereocenters. The predicted molar refractivity (Wildman–Crippen MR) is 145 cm³/mol. The van der Waals surface area contributed by atoms with Gasteiger partial charge in [0.25, 0.3) is 5.91 Å².